The molecule has 0 rings (SSSR count). The van der Waals surface area contributed by atoms with E-state index in [9.17, 15) is 4.79 Å². The summed E-state index contributed by atoms with van der Waals surface area (Å²) in [5.41, 5.74) is 0. The van der Waals surface area contributed by atoms with Crippen molar-refractivity contribution in [1.82, 2.24) is 6.15 Å². The van der Waals surface area contributed by atoms with E-state index in [0.29, 0.717) is 0 Å². The first-order valence-corrected chi connectivity index (χ1v) is 2.93. The zero-order valence-electron chi connectivity index (χ0n) is 6.63. The second-order valence-corrected chi connectivity index (χ2v) is 2.33. The summed E-state index contributed by atoms with van der Waals surface area (Å²) >= 11 is 0. The quantitative estimate of drug-likeness (QED) is 0.587. The maximum atomic E-state index is 9.89. The van der Waals surface area contributed by atoms with Crippen LogP contribution in [0.4, 0.5) is 4.79 Å². The van der Waals surface area contributed by atoms with Crippen LogP contribution in [-0.2, 0) is 4.74 Å². The Morgan fingerprint density at radius 1 is 1.40 bits per heavy atom. The molecule has 4 heteroatoms. The second-order valence-electron chi connectivity index (χ2n) is 2.33. The highest BCUT2D eigenvalue weighted by Gasteiger charge is 2.10. The predicted molar refractivity (Wildman–Crippen MR) is 38.4 cm³/mol. The molecule has 4 nitrogen and oxygen atoms in total. The molecular formula is C6H15NO3. The van der Waals surface area contributed by atoms with Gasteiger partial charge in [0, 0.05) is 0 Å². The minimum absolute atomic E-state index is 0. The van der Waals surface area contributed by atoms with Gasteiger partial charge in [-0.2, -0.15) is 0 Å². The molecule has 0 aliphatic carbocycles. The van der Waals surface area contributed by atoms with E-state index in [4.69, 9.17) is 5.11 Å². The Kier molecular flexibility index (Phi) is 6.04. The lowest BCUT2D eigenvalue weighted by atomic mass is 10.1. The van der Waals surface area contributed by atoms with Crippen molar-refractivity contribution in [3.63, 3.8) is 0 Å². The fourth-order valence-corrected chi connectivity index (χ4v) is 0.295. The molecular weight excluding hydrogens is 134 g/mol. The summed E-state index contributed by atoms with van der Waals surface area (Å²) in [6.07, 6.45) is -1.40. The molecule has 0 spiro atoms. The average molecular weight is 149 g/mol. The minimum Gasteiger partial charge on any atom is -0.450 e. The van der Waals surface area contributed by atoms with Crippen LogP contribution in [0.5, 0.6) is 0 Å². The maximum Gasteiger partial charge on any atom is 0.506 e. The van der Waals surface area contributed by atoms with Crippen molar-refractivity contribution in [1.29, 1.82) is 0 Å². The summed E-state index contributed by atoms with van der Waals surface area (Å²) in [6.45, 7) is 5.56. The van der Waals surface area contributed by atoms with E-state index in [1.165, 1.54) is 0 Å². The Morgan fingerprint density at radius 2 is 1.80 bits per heavy atom. The zero-order valence-corrected chi connectivity index (χ0v) is 6.63. The molecule has 0 aromatic rings. The number of hydrogen-bond acceptors (Lipinski definition) is 3. The number of hydrogen-bond donors (Lipinski definition) is 2. The van der Waals surface area contributed by atoms with Gasteiger partial charge in [-0.1, -0.05) is 13.8 Å². The van der Waals surface area contributed by atoms with E-state index in [1.807, 2.05) is 13.8 Å². The van der Waals surface area contributed by atoms with Gasteiger partial charge in [-0.3, -0.25) is 0 Å². The van der Waals surface area contributed by atoms with Crippen molar-refractivity contribution >= 4 is 6.16 Å². The summed E-state index contributed by atoms with van der Waals surface area (Å²) in [6, 6.07) is 0. The van der Waals surface area contributed by atoms with Gasteiger partial charge >= 0.3 is 6.16 Å². The molecule has 0 fully saturated rings. The van der Waals surface area contributed by atoms with E-state index in [-0.39, 0.29) is 18.2 Å². The van der Waals surface area contributed by atoms with Crippen molar-refractivity contribution < 1.29 is 14.6 Å². The second kappa shape index (κ2) is 5.05. The van der Waals surface area contributed by atoms with E-state index in [2.05, 4.69) is 4.74 Å². The molecule has 0 bridgehead atoms. The molecule has 0 saturated heterocycles. The molecule has 0 aliphatic heterocycles. The first-order chi connectivity index (χ1) is 4.04. The largest absolute Gasteiger partial charge is 0.506 e. The number of rotatable bonds is 2. The van der Waals surface area contributed by atoms with Crippen molar-refractivity contribution in [2.24, 2.45) is 5.92 Å². The molecule has 0 heterocycles. The third-order valence-corrected chi connectivity index (χ3v) is 1.23. The van der Waals surface area contributed by atoms with Gasteiger partial charge < -0.3 is 16.0 Å². The zero-order chi connectivity index (χ0) is 7.44. The van der Waals surface area contributed by atoms with Gasteiger partial charge in [-0.05, 0) is 12.8 Å². The van der Waals surface area contributed by atoms with Crippen LogP contribution in [0.25, 0.3) is 0 Å². The van der Waals surface area contributed by atoms with Crippen LogP contribution in [-0.4, -0.2) is 17.4 Å². The van der Waals surface area contributed by atoms with Crippen LogP contribution in [0.15, 0.2) is 0 Å². The predicted octanol–water partition coefficient (Wildman–Crippen LogP) is 1.89. The maximum absolute atomic E-state index is 9.89. The van der Waals surface area contributed by atoms with E-state index in [0.717, 1.165) is 0 Å². The topological polar surface area (TPSA) is 81.5 Å². The summed E-state index contributed by atoms with van der Waals surface area (Å²) in [5.74, 6) is 0.251. The highest BCUT2D eigenvalue weighted by atomic mass is 16.7. The van der Waals surface area contributed by atoms with Gasteiger partial charge in [0.15, 0.2) is 0 Å². The Hall–Kier alpha value is -0.770. The Labute approximate surface area is 60.8 Å². The third-order valence-electron chi connectivity index (χ3n) is 1.23. The summed E-state index contributed by atoms with van der Waals surface area (Å²) in [5, 5.41) is 8.11. The van der Waals surface area contributed by atoms with Crippen LogP contribution in [0, 0.1) is 5.92 Å². The van der Waals surface area contributed by atoms with Gasteiger partial charge in [0.25, 0.3) is 0 Å². The lowest BCUT2D eigenvalue weighted by Crippen LogP contribution is -2.18. The van der Waals surface area contributed by atoms with Crippen LogP contribution in [0.3, 0.4) is 0 Å². The summed E-state index contributed by atoms with van der Waals surface area (Å²) < 4.78 is 4.43. The van der Waals surface area contributed by atoms with Crippen LogP contribution < -0.4 is 6.15 Å². The van der Waals surface area contributed by atoms with Gasteiger partial charge in [0.05, 0.1) is 0 Å². The highest BCUT2D eigenvalue weighted by Crippen LogP contribution is 2.04. The Balaban J connectivity index is 0. The van der Waals surface area contributed by atoms with Crippen LogP contribution in [0.2, 0.25) is 0 Å². The van der Waals surface area contributed by atoms with Gasteiger partial charge in [0.2, 0.25) is 0 Å². The first kappa shape index (κ1) is 12.0. The van der Waals surface area contributed by atoms with Crippen molar-refractivity contribution in [2.45, 2.75) is 26.9 Å². The molecule has 4 N–H and O–H groups in total. The minimum atomic E-state index is -1.20. The number of carbonyl (C=O) groups is 1. The Bertz CT molecular complexity index is 103. The average Bonchev–Trinajstić information content (AvgIpc) is 1.63. The van der Waals surface area contributed by atoms with Gasteiger partial charge in [-0.15, -0.1) is 0 Å². The molecule has 0 amide bonds. The van der Waals surface area contributed by atoms with E-state index >= 15 is 0 Å². The molecule has 0 radical (unpaired) electrons. The molecule has 0 aliphatic rings. The smallest absolute Gasteiger partial charge is 0.450 e. The Morgan fingerprint density at radius 3 is 1.90 bits per heavy atom. The van der Waals surface area contributed by atoms with Crippen molar-refractivity contribution in [2.75, 3.05) is 0 Å². The lowest BCUT2D eigenvalue weighted by molar-refractivity contribution is 0.0405. The first-order valence-electron chi connectivity index (χ1n) is 2.93. The molecule has 10 heavy (non-hydrogen) atoms. The number of ether oxygens (including phenoxy) is 1. The molecule has 0 aromatic carbocycles. The molecule has 1 unspecified atom stereocenters. The van der Waals surface area contributed by atoms with Crippen molar-refractivity contribution in [3.05, 3.63) is 0 Å². The van der Waals surface area contributed by atoms with Gasteiger partial charge in [0.1, 0.15) is 6.10 Å². The standard InChI is InChI=1S/C6H12O3.H3N/c1-4(2)5(3)9-6(7)8;/h4-5H,1-3H3,(H,7,8);1H3. The SMILES string of the molecule is CC(C)C(C)OC(=O)O.N. The fourth-order valence-electron chi connectivity index (χ4n) is 0.295. The summed E-state index contributed by atoms with van der Waals surface area (Å²) in [4.78, 5) is 9.89. The molecule has 0 aromatic heterocycles. The van der Waals surface area contributed by atoms with Gasteiger partial charge in [-0.25, -0.2) is 4.79 Å². The number of carboxylic acid groups (broad SMARTS) is 1. The molecule has 0 saturated carbocycles. The molecule has 1 atom stereocenters. The highest BCUT2D eigenvalue weighted by molar-refractivity contribution is 5.57. The van der Waals surface area contributed by atoms with Crippen LogP contribution in [0.1, 0.15) is 20.8 Å². The van der Waals surface area contributed by atoms with E-state index < -0.39 is 6.16 Å². The lowest BCUT2D eigenvalue weighted by Gasteiger charge is -2.12. The normalized spacial score (nSPS) is 12.0. The third kappa shape index (κ3) is 5.37. The van der Waals surface area contributed by atoms with Crippen molar-refractivity contribution in [3.8, 4) is 0 Å². The molecule has 62 valence electrons. The van der Waals surface area contributed by atoms with E-state index in [1.54, 1.807) is 6.92 Å². The summed E-state index contributed by atoms with van der Waals surface area (Å²) in [7, 11) is 0. The fraction of sp³-hybridized carbons (Fsp3) is 0.833. The monoisotopic (exact) mass is 149 g/mol. The van der Waals surface area contributed by atoms with Crippen LogP contribution >= 0.6 is 0 Å².